The zero-order valence-electron chi connectivity index (χ0n) is 11.5. The fraction of sp³-hybridized carbons (Fsp3) is 0.400. The van der Waals surface area contributed by atoms with E-state index in [0.29, 0.717) is 5.70 Å². The molecule has 0 spiro atoms. The summed E-state index contributed by atoms with van der Waals surface area (Å²) in [6.07, 6.45) is 1.28. The second kappa shape index (κ2) is 5.71. The first-order valence-corrected chi connectivity index (χ1v) is 5.99. The Morgan fingerprint density at radius 1 is 1.28 bits per heavy atom. The zero-order valence-corrected chi connectivity index (χ0v) is 11.5. The number of carbonyl (C=O) groups excluding carboxylic acids is 1. The highest BCUT2D eigenvalue weighted by molar-refractivity contribution is 5.82. The minimum absolute atomic E-state index is 0.134. The topological polar surface area (TPSA) is 52.3 Å². The van der Waals surface area contributed by atoms with Crippen molar-refractivity contribution in [1.29, 1.82) is 0 Å². The minimum atomic E-state index is -0.408. The molecule has 0 saturated heterocycles. The molecule has 0 fully saturated rings. The zero-order chi connectivity index (χ0) is 13.8. The Bertz CT molecular complexity index is 435. The number of rotatable bonds is 3. The molecule has 0 amide bonds. The van der Waals surface area contributed by atoms with Gasteiger partial charge in [0.25, 0.3) is 0 Å². The standard InChI is InChI=1S/C15H21NO2/c1-11(16)9-14(17)18-10-12-5-7-13(8-6-12)15(2,3)4/h5-9H,10,16H2,1-4H3. The first-order valence-electron chi connectivity index (χ1n) is 5.99. The van der Waals surface area contributed by atoms with Crippen molar-refractivity contribution < 1.29 is 9.53 Å². The smallest absolute Gasteiger partial charge is 0.332 e. The largest absolute Gasteiger partial charge is 0.458 e. The Morgan fingerprint density at radius 3 is 2.28 bits per heavy atom. The summed E-state index contributed by atoms with van der Waals surface area (Å²) in [5.41, 5.74) is 8.20. The van der Waals surface area contributed by atoms with Gasteiger partial charge in [-0.15, -0.1) is 0 Å². The molecule has 0 aromatic heterocycles. The summed E-state index contributed by atoms with van der Waals surface area (Å²) in [6.45, 7) is 8.41. The van der Waals surface area contributed by atoms with Crippen molar-refractivity contribution in [1.82, 2.24) is 0 Å². The number of carbonyl (C=O) groups is 1. The van der Waals surface area contributed by atoms with Gasteiger partial charge in [0.15, 0.2) is 0 Å². The fourth-order valence-corrected chi connectivity index (χ4v) is 1.48. The number of esters is 1. The minimum Gasteiger partial charge on any atom is -0.458 e. The van der Waals surface area contributed by atoms with Crippen LogP contribution in [-0.2, 0) is 21.6 Å². The highest BCUT2D eigenvalue weighted by atomic mass is 16.5. The number of allylic oxidation sites excluding steroid dienone is 1. The Kier molecular flexibility index (Phi) is 4.54. The van der Waals surface area contributed by atoms with E-state index in [1.54, 1.807) is 6.92 Å². The van der Waals surface area contributed by atoms with Crippen molar-refractivity contribution in [3.8, 4) is 0 Å². The van der Waals surface area contributed by atoms with Gasteiger partial charge in [-0.2, -0.15) is 0 Å². The summed E-state index contributed by atoms with van der Waals surface area (Å²) in [4.78, 5) is 11.3. The van der Waals surface area contributed by atoms with E-state index in [0.717, 1.165) is 5.56 Å². The van der Waals surface area contributed by atoms with Gasteiger partial charge < -0.3 is 10.5 Å². The number of hydrogen-bond acceptors (Lipinski definition) is 3. The third kappa shape index (κ3) is 4.62. The highest BCUT2D eigenvalue weighted by Gasteiger charge is 2.12. The molecule has 0 radical (unpaired) electrons. The maximum Gasteiger partial charge on any atom is 0.332 e. The summed E-state index contributed by atoms with van der Waals surface area (Å²) in [6, 6.07) is 8.08. The third-order valence-corrected chi connectivity index (χ3v) is 2.55. The van der Waals surface area contributed by atoms with Crippen LogP contribution in [0.15, 0.2) is 36.0 Å². The van der Waals surface area contributed by atoms with Crippen molar-refractivity contribution in [2.45, 2.75) is 39.7 Å². The molecule has 3 heteroatoms. The van der Waals surface area contributed by atoms with E-state index in [9.17, 15) is 4.79 Å². The molecule has 1 aromatic rings. The molecule has 2 N–H and O–H groups in total. The Hall–Kier alpha value is -1.77. The quantitative estimate of drug-likeness (QED) is 0.660. The van der Waals surface area contributed by atoms with Gasteiger partial charge in [-0.1, -0.05) is 45.0 Å². The summed E-state index contributed by atoms with van der Waals surface area (Å²) in [5.74, 6) is -0.408. The van der Waals surface area contributed by atoms with Gasteiger partial charge in [-0.25, -0.2) is 4.79 Å². The second-order valence-electron chi connectivity index (χ2n) is 5.44. The lowest BCUT2D eigenvalue weighted by Gasteiger charge is -2.19. The monoisotopic (exact) mass is 247 g/mol. The Balaban J connectivity index is 2.60. The summed E-state index contributed by atoms with van der Waals surface area (Å²) < 4.78 is 5.07. The van der Waals surface area contributed by atoms with Gasteiger partial charge in [-0.3, -0.25) is 0 Å². The molecule has 0 aliphatic rings. The van der Waals surface area contributed by atoms with E-state index < -0.39 is 5.97 Å². The third-order valence-electron chi connectivity index (χ3n) is 2.55. The van der Waals surface area contributed by atoms with Crippen LogP contribution in [-0.4, -0.2) is 5.97 Å². The second-order valence-corrected chi connectivity index (χ2v) is 5.44. The van der Waals surface area contributed by atoms with Crippen molar-refractivity contribution in [3.63, 3.8) is 0 Å². The van der Waals surface area contributed by atoms with Gasteiger partial charge in [0.1, 0.15) is 6.61 Å². The molecular weight excluding hydrogens is 226 g/mol. The molecule has 0 saturated carbocycles. The number of ether oxygens (including phenoxy) is 1. The predicted molar refractivity (Wildman–Crippen MR) is 72.9 cm³/mol. The Morgan fingerprint density at radius 2 is 1.83 bits per heavy atom. The first-order chi connectivity index (χ1) is 8.29. The van der Waals surface area contributed by atoms with Crippen LogP contribution >= 0.6 is 0 Å². The molecule has 1 rings (SSSR count). The van der Waals surface area contributed by atoms with Crippen LogP contribution in [0, 0.1) is 0 Å². The molecule has 18 heavy (non-hydrogen) atoms. The lowest BCUT2D eigenvalue weighted by Crippen LogP contribution is -2.11. The van der Waals surface area contributed by atoms with Crippen molar-refractivity contribution in [3.05, 3.63) is 47.2 Å². The summed E-state index contributed by atoms with van der Waals surface area (Å²) >= 11 is 0. The van der Waals surface area contributed by atoms with E-state index in [2.05, 4.69) is 32.9 Å². The van der Waals surface area contributed by atoms with E-state index in [1.807, 2.05) is 12.1 Å². The molecule has 0 aliphatic heterocycles. The van der Waals surface area contributed by atoms with Crippen molar-refractivity contribution >= 4 is 5.97 Å². The van der Waals surface area contributed by atoms with Gasteiger partial charge in [0.05, 0.1) is 0 Å². The van der Waals surface area contributed by atoms with Crippen LogP contribution in [0.5, 0.6) is 0 Å². The number of benzene rings is 1. The van der Waals surface area contributed by atoms with Crippen molar-refractivity contribution in [2.75, 3.05) is 0 Å². The lowest BCUT2D eigenvalue weighted by molar-refractivity contribution is -0.139. The molecule has 0 unspecified atom stereocenters. The van der Waals surface area contributed by atoms with Crippen LogP contribution in [0.3, 0.4) is 0 Å². The molecule has 0 atom stereocenters. The van der Waals surface area contributed by atoms with Gasteiger partial charge in [0.2, 0.25) is 0 Å². The fourth-order valence-electron chi connectivity index (χ4n) is 1.48. The average molecular weight is 247 g/mol. The lowest BCUT2D eigenvalue weighted by atomic mass is 9.87. The normalized spacial score (nSPS) is 12.3. The van der Waals surface area contributed by atoms with Gasteiger partial charge in [0, 0.05) is 11.8 Å². The van der Waals surface area contributed by atoms with E-state index >= 15 is 0 Å². The summed E-state index contributed by atoms with van der Waals surface area (Å²) in [7, 11) is 0. The predicted octanol–water partition coefficient (Wildman–Crippen LogP) is 2.89. The molecular formula is C15H21NO2. The van der Waals surface area contributed by atoms with Crippen LogP contribution in [0.1, 0.15) is 38.8 Å². The molecule has 3 nitrogen and oxygen atoms in total. The molecule has 0 heterocycles. The van der Waals surface area contributed by atoms with Crippen molar-refractivity contribution in [2.24, 2.45) is 5.73 Å². The first kappa shape index (κ1) is 14.3. The van der Waals surface area contributed by atoms with Crippen LogP contribution in [0.25, 0.3) is 0 Å². The van der Waals surface area contributed by atoms with Crippen LogP contribution in [0.4, 0.5) is 0 Å². The van der Waals surface area contributed by atoms with E-state index in [1.165, 1.54) is 11.6 Å². The molecule has 1 aromatic carbocycles. The van der Waals surface area contributed by atoms with Gasteiger partial charge >= 0.3 is 5.97 Å². The highest BCUT2D eigenvalue weighted by Crippen LogP contribution is 2.22. The maximum atomic E-state index is 11.3. The molecule has 0 aliphatic carbocycles. The van der Waals surface area contributed by atoms with E-state index in [4.69, 9.17) is 10.5 Å². The molecule has 98 valence electrons. The number of nitrogens with two attached hydrogens (primary N) is 1. The number of hydrogen-bond donors (Lipinski definition) is 1. The summed E-state index contributed by atoms with van der Waals surface area (Å²) in [5, 5.41) is 0. The van der Waals surface area contributed by atoms with Gasteiger partial charge in [-0.05, 0) is 23.5 Å². The Labute approximate surface area is 109 Å². The van der Waals surface area contributed by atoms with Crippen LogP contribution < -0.4 is 5.73 Å². The maximum absolute atomic E-state index is 11.3. The van der Waals surface area contributed by atoms with Crippen LogP contribution in [0.2, 0.25) is 0 Å². The SMILES string of the molecule is CC(N)=CC(=O)OCc1ccc(C(C)(C)C)cc1. The molecule has 0 bridgehead atoms. The average Bonchev–Trinajstić information content (AvgIpc) is 2.25. The van der Waals surface area contributed by atoms with E-state index in [-0.39, 0.29) is 12.0 Å².